The van der Waals surface area contributed by atoms with E-state index in [-0.39, 0.29) is 12.5 Å². The first-order chi connectivity index (χ1) is 14.9. The van der Waals surface area contributed by atoms with Crippen molar-refractivity contribution < 1.29 is 9.53 Å². The Morgan fingerprint density at radius 1 is 1.29 bits per heavy atom. The molecular formula is C22H26ClN5O2S. The molecule has 7 nitrogen and oxygen atoms in total. The molecule has 164 valence electrons. The predicted octanol–water partition coefficient (Wildman–Crippen LogP) is 4.20. The molecule has 1 aliphatic heterocycles. The smallest absolute Gasteiger partial charge is 0.262 e. The number of hydrogen-bond acceptors (Lipinski definition) is 7. The molecule has 0 radical (unpaired) electrons. The van der Waals surface area contributed by atoms with Gasteiger partial charge in [0.15, 0.2) is 11.7 Å². The second kappa shape index (κ2) is 9.38. The maximum absolute atomic E-state index is 12.2. The summed E-state index contributed by atoms with van der Waals surface area (Å²) < 4.78 is 5.47. The number of thiophene rings is 1. The summed E-state index contributed by atoms with van der Waals surface area (Å²) in [5.41, 5.74) is 2.46. The molecule has 0 aliphatic carbocycles. The summed E-state index contributed by atoms with van der Waals surface area (Å²) in [6.07, 6.45) is 2.22. The minimum atomic E-state index is -0.233. The SMILES string of the molecule is Cc1nc(N2CCC(N(C)C)CC2)nc2ccc(NC(=O)COc3cc(Cl)cs3)cc12. The molecule has 1 aliphatic rings. The van der Waals surface area contributed by atoms with E-state index in [1.54, 1.807) is 11.4 Å². The van der Waals surface area contributed by atoms with Gasteiger partial charge in [-0.25, -0.2) is 9.97 Å². The molecule has 9 heteroatoms. The second-order valence-electron chi connectivity index (χ2n) is 7.94. The van der Waals surface area contributed by atoms with E-state index >= 15 is 0 Å². The summed E-state index contributed by atoms with van der Waals surface area (Å²) in [6.45, 7) is 3.82. The van der Waals surface area contributed by atoms with Crippen LogP contribution >= 0.6 is 22.9 Å². The maximum Gasteiger partial charge on any atom is 0.262 e. The fraction of sp³-hybridized carbons (Fsp3) is 0.409. The second-order valence-corrected chi connectivity index (χ2v) is 9.25. The van der Waals surface area contributed by atoms with Gasteiger partial charge >= 0.3 is 0 Å². The van der Waals surface area contributed by atoms with Gasteiger partial charge in [-0.05, 0) is 52.1 Å². The Morgan fingerprint density at radius 3 is 2.74 bits per heavy atom. The summed E-state index contributed by atoms with van der Waals surface area (Å²) in [4.78, 5) is 26.3. The largest absolute Gasteiger partial charge is 0.474 e. The van der Waals surface area contributed by atoms with Gasteiger partial charge in [-0.1, -0.05) is 11.6 Å². The van der Waals surface area contributed by atoms with Crippen molar-refractivity contribution in [2.24, 2.45) is 0 Å². The number of aryl methyl sites for hydroxylation is 1. The van der Waals surface area contributed by atoms with Crippen LogP contribution in [0.15, 0.2) is 29.6 Å². The number of amides is 1. The number of piperidine rings is 1. The summed E-state index contributed by atoms with van der Waals surface area (Å²) in [7, 11) is 4.27. The van der Waals surface area contributed by atoms with Crippen molar-refractivity contribution in [2.75, 3.05) is 44.0 Å². The number of fused-ring (bicyclic) bond motifs is 1. The normalized spacial score (nSPS) is 14.9. The molecule has 0 saturated carbocycles. The summed E-state index contributed by atoms with van der Waals surface area (Å²) in [5, 5.41) is 6.78. The molecule has 0 spiro atoms. The Balaban J connectivity index is 1.42. The van der Waals surface area contributed by atoms with Crippen molar-refractivity contribution in [2.45, 2.75) is 25.8 Å². The van der Waals surface area contributed by atoms with Crippen molar-refractivity contribution in [3.63, 3.8) is 0 Å². The number of halogens is 1. The molecule has 2 aromatic heterocycles. The maximum atomic E-state index is 12.2. The molecule has 0 atom stereocenters. The highest BCUT2D eigenvalue weighted by Gasteiger charge is 2.22. The first-order valence-electron chi connectivity index (χ1n) is 10.3. The Bertz CT molecular complexity index is 1080. The van der Waals surface area contributed by atoms with E-state index in [9.17, 15) is 4.79 Å². The molecule has 1 aromatic carbocycles. The van der Waals surface area contributed by atoms with Crippen LogP contribution in [0.5, 0.6) is 5.06 Å². The van der Waals surface area contributed by atoms with Crippen LogP contribution in [0.4, 0.5) is 11.6 Å². The van der Waals surface area contributed by atoms with Gasteiger partial charge in [0.1, 0.15) is 0 Å². The zero-order chi connectivity index (χ0) is 22.0. The van der Waals surface area contributed by atoms with E-state index in [4.69, 9.17) is 26.3 Å². The predicted molar refractivity (Wildman–Crippen MR) is 127 cm³/mol. The quantitative estimate of drug-likeness (QED) is 0.595. The number of aromatic nitrogens is 2. The van der Waals surface area contributed by atoms with Crippen LogP contribution in [0.1, 0.15) is 18.5 Å². The number of carbonyl (C=O) groups excluding carboxylic acids is 1. The number of nitrogens with zero attached hydrogens (tertiary/aromatic N) is 4. The molecule has 1 saturated heterocycles. The molecule has 0 bridgehead atoms. The average molecular weight is 460 g/mol. The van der Waals surface area contributed by atoms with Crippen molar-refractivity contribution in [1.29, 1.82) is 0 Å². The summed E-state index contributed by atoms with van der Waals surface area (Å²) in [5.74, 6) is 0.546. The number of benzene rings is 1. The lowest BCUT2D eigenvalue weighted by molar-refractivity contribution is -0.118. The average Bonchev–Trinajstić information content (AvgIpc) is 3.18. The van der Waals surface area contributed by atoms with Gasteiger partial charge in [-0.3, -0.25) is 4.79 Å². The summed E-state index contributed by atoms with van der Waals surface area (Å²) in [6, 6.07) is 8.00. The third-order valence-corrected chi connectivity index (χ3v) is 6.71. The number of carbonyl (C=O) groups is 1. The van der Waals surface area contributed by atoms with Crippen molar-refractivity contribution >= 4 is 51.4 Å². The molecule has 3 heterocycles. The fourth-order valence-corrected chi connectivity index (χ4v) is 4.69. The van der Waals surface area contributed by atoms with Crippen LogP contribution < -0.4 is 15.0 Å². The number of anilines is 2. The number of nitrogens with one attached hydrogen (secondary N) is 1. The highest BCUT2D eigenvalue weighted by molar-refractivity contribution is 7.12. The standard InChI is InChI=1S/C22H26ClN5O2S/c1-14-18-11-16(25-20(29)12-30-21-10-15(23)13-31-21)4-5-19(18)26-22(24-14)28-8-6-17(7-9-28)27(2)3/h4-5,10-11,13,17H,6-9,12H2,1-3H3,(H,25,29). The Hall–Kier alpha value is -2.42. The lowest BCUT2D eigenvalue weighted by Crippen LogP contribution is -2.42. The van der Waals surface area contributed by atoms with Gasteiger partial charge < -0.3 is 19.9 Å². The molecular weight excluding hydrogens is 434 g/mol. The van der Waals surface area contributed by atoms with Crippen LogP contribution in [-0.4, -0.2) is 60.6 Å². The van der Waals surface area contributed by atoms with Crippen molar-refractivity contribution in [3.8, 4) is 5.06 Å². The molecule has 1 fully saturated rings. The number of hydrogen-bond donors (Lipinski definition) is 1. The Morgan fingerprint density at radius 2 is 2.06 bits per heavy atom. The monoisotopic (exact) mass is 459 g/mol. The van der Waals surface area contributed by atoms with Crippen LogP contribution in [0.25, 0.3) is 10.9 Å². The van der Waals surface area contributed by atoms with Gasteiger partial charge in [0.25, 0.3) is 5.91 Å². The van der Waals surface area contributed by atoms with Gasteiger partial charge in [0.05, 0.1) is 16.2 Å². The van der Waals surface area contributed by atoms with Crippen molar-refractivity contribution in [3.05, 3.63) is 40.4 Å². The van der Waals surface area contributed by atoms with E-state index in [0.29, 0.717) is 21.8 Å². The van der Waals surface area contributed by atoms with Crippen molar-refractivity contribution in [1.82, 2.24) is 14.9 Å². The van der Waals surface area contributed by atoms with E-state index in [1.165, 1.54) is 11.3 Å². The molecule has 3 aromatic rings. The molecule has 31 heavy (non-hydrogen) atoms. The minimum Gasteiger partial charge on any atom is -0.474 e. The van der Waals surface area contributed by atoms with Gasteiger partial charge in [-0.15, -0.1) is 11.3 Å². The number of ether oxygens (including phenoxy) is 1. The van der Waals surface area contributed by atoms with E-state index < -0.39 is 0 Å². The molecule has 1 N–H and O–H groups in total. The summed E-state index contributed by atoms with van der Waals surface area (Å²) >= 11 is 7.23. The molecule has 1 amide bonds. The third-order valence-electron chi connectivity index (χ3n) is 5.52. The lowest BCUT2D eigenvalue weighted by atomic mass is 10.0. The highest BCUT2D eigenvalue weighted by atomic mass is 35.5. The van der Waals surface area contributed by atoms with E-state index in [2.05, 4.69) is 29.2 Å². The van der Waals surface area contributed by atoms with Gasteiger partial charge in [-0.2, -0.15) is 0 Å². The minimum absolute atomic E-state index is 0.0772. The van der Waals surface area contributed by atoms with Crippen LogP contribution in [-0.2, 0) is 4.79 Å². The number of rotatable bonds is 6. The van der Waals surface area contributed by atoms with E-state index in [1.807, 2.05) is 25.1 Å². The third kappa shape index (κ3) is 5.26. The zero-order valence-corrected chi connectivity index (χ0v) is 19.5. The zero-order valence-electron chi connectivity index (χ0n) is 17.9. The fourth-order valence-electron chi connectivity index (χ4n) is 3.77. The van der Waals surface area contributed by atoms with Crippen LogP contribution in [0.3, 0.4) is 0 Å². The van der Waals surface area contributed by atoms with E-state index in [0.717, 1.165) is 48.5 Å². The topological polar surface area (TPSA) is 70.6 Å². The van der Waals surface area contributed by atoms with Crippen LogP contribution in [0, 0.1) is 6.92 Å². The Labute approximate surface area is 191 Å². The van der Waals surface area contributed by atoms with Gasteiger partial charge in [0, 0.05) is 41.7 Å². The van der Waals surface area contributed by atoms with Crippen LogP contribution in [0.2, 0.25) is 5.02 Å². The molecule has 0 unspecified atom stereocenters. The Kier molecular flexibility index (Phi) is 6.60. The molecule has 4 rings (SSSR count). The lowest BCUT2D eigenvalue weighted by Gasteiger charge is -2.35. The van der Waals surface area contributed by atoms with Gasteiger partial charge in [0.2, 0.25) is 5.95 Å². The first-order valence-corrected chi connectivity index (χ1v) is 11.5. The highest BCUT2D eigenvalue weighted by Crippen LogP contribution is 2.27. The first kappa shape index (κ1) is 21.8.